The molecule has 1 saturated carbocycles. The van der Waals surface area contributed by atoms with Crippen molar-refractivity contribution in [3.63, 3.8) is 0 Å². The number of hydrogen-bond donors (Lipinski definition) is 0. The van der Waals surface area contributed by atoms with E-state index in [2.05, 4.69) is 26.6 Å². The van der Waals surface area contributed by atoms with Crippen LogP contribution in [-0.2, 0) is 6.42 Å². The molecule has 1 aliphatic carbocycles. The summed E-state index contributed by atoms with van der Waals surface area (Å²) in [6, 6.07) is 8.24. The highest BCUT2D eigenvalue weighted by atomic mass is 32.1. The fourth-order valence-electron chi connectivity index (χ4n) is 3.16. The van der Waals surface area contributed by atoms with Crippen LogP contribution in [0.2, 0.25) is 0 Å². The van der Waals surface area contributed by atoms with Crippen molar-refractivity contribution >= 4 is 28.8 Å². The molecule has 1 amide bonds. The van der Waals surface area contributed by atoms with Crippen LogP contribution in [0.3, 0.4) is 0 Å². The quantitative estimate of drug-likeness (QED) is 0.866. The molecule has 2 aliphatic rings. The number of aryl methyl sites for hydroxylation is 1. The number of anilines is 2. The summed E-state index contributed by atoms with van der Waals surface area (Å²) in [7, 11) is 0. The van der Waals surface area contributed by atoms with Crippen LogP contribution < -0.4 is 9.80 Å². The first-order valence-electron chi connectivity index (χ1n) is 8.25. The molecular formula is C17H20N4OS. The number of amides is 1. The molecule has 0 saturated heterocycles. The highest BCUT2D eigenvalue weighted by Crippen LogP contribution is 2.38. The Hall–Kier alpha value is -1.95. The minimum Gasteiger partial charge on any atom is -0.368 e. The van der Waals surface area contributed by atoms with Gasteiger partial charge in [0.25, 0.3) is 5.91 Å². The first-order chi connectivity index (χ1) is 11.3. The minimum atomic E-state index is 0.0374. The monoisotopic (exact) mass is 328 g/mol. The van der Waals surface area contributed by atoms with E-state index in [1.54, 1.807) is 0 Å². The molecular weight excluding hydrogens is 308 g/mol. The van der Waals surface area contributed by atoms with Crippen LogP contribution in [0.25, 0.3) is 0 Å². The van der Waals surface area contributed by atoms with Crippen LogP contribution in [0.1, 0.15) is 35.1 Å². The SMILES string of the molecule is CCc1nnsc1C(=O)N1CCN(CC2CC2)c2ccccc21. The Morgan fingerprint density at radius 3 is 2.78 bits per heavy atom. The third kappa shape index (κ3) is 2.72. The second-order valence-corrected chi connectivity index (χ2v) is 6.99. The fraction of sp³-hybridized carbons (Fsp3) is 0.471. The molecule has 1 fully saturated rings. The number of fused-ring (bicyclic) bond motifs is 1. The average molecular weight is 328 g/mol. The van der Waals surface area contributed by atoms with Gasteiger partial charge in [0.2, 0.25) is 0 Å². The number of hydrogen-bond acceptors (Lipinski definition) is 5. The standard InChI is InChI=1S/C17H20N4OS/c1-2-13-16(23-19-18-13)17(22)21-10-9-20(11-12-7-8-12)14-5-3-4-6-15(14)21/h3-6,12H,2,7-11H2,1H3. The van der Waals surface area contributed by atoms with Gasteiger partial charge in [-0.1, -0.05) is 23.5 Å². The summed E-state index contributed by atoms with van der Waals surface area (Å²) in [6.45, 7) is 4.74. The normalized spacial score (nSPS) is 17.3. The third-order valence-corrected chi connectivity index (χ3v) is 5.37. The number of benzene rings is 1. The summed E-state index contributed by atoms with van der Waals surface area (Å²) >= 11 is 1.21. The zero-order valence-electron chi connectivity index (χ0n) is 13.2. The highest BCUT2D eigenvalue weighted by molar-refractivity contribution is 7.08. The Balaban J connectivity index is 1.65. The Bertz CT molecular complexity index is 725. The molecule has 0 bridgehead atoms. The predicted octanol–water partition coefficient (Wildman–Crippen LogP) is 2.98. The molecule has 1 aromatic heterocycles. The van der Waals surface area contributed by atoms with Gasteiger partial charge in [-0.2, -0.15) is 0 Å². The number of nitrogens with zero attached hydrogens (tertiary/aromatic N) is 4. The van der Waals surface area contributed by atoms with Gasteiger partial charge < -0.3 is 9.80 Å². The Morgan fingerprint density at radius 2 is 2.04 bits per heavy atom. The number of rotatable bonds is 4. The summed E-state index contributed by atoms with van der Waals surface area (Å²) in [4.78, 5) is 18.0. The van der Waals surface area contributed by atoms with Crippen LogP contribution in [0.4, 0.5) is 11.4 Å². The van der Waals surface area contributed by atoms with Crippen molar-refractivity contribution in [2.45, 2.75) is 26.2 Å². The minimum absolute atomic E-state index is 0.0374. The van der Waals surface area contributed by atoms with Crippen LogP contribution in [0.5, 0.6) is 0 Å². The van der Waals surface area contributed by atoms with Gasteiger partial charge in [-0.05, 0) is 48.8 Å². The topological polar surface area (TPSA) is 49.3 Å². The molecule has 6 heteroatoms. The summed E-state index contributed by atoms with van der Waals surface area (Å²) in [5, 5.41) is 4.08. The van der Waals surface area contributed by atoms with E-state index in [1.165, 1.54) is 30.1 Å². The lowest BCUT2D eigenvalue weighted by Crippen LogP contribution is -2.44. The maximum atomic E-state index is 13.0. The van der Waals surface area contributed by atoms with Crippen LogP contribution >= 0.6 is 11.5 Å². The number of aromatic nitrogens is 2. The lowest BCUT2D eigenvalue weighted by atomic mass is 10.1. The van der Waals surface area contributed by atoms with Crippen molar-refractivity contribution in [2.75, 3.05) is 29.4 Å². The maximum Gasteiger partial charge on any atom is 0.272 e. The molecule has 0 spiro atoms. The molecule has 2 heterocycles. The molecule has 120 valence electrons. The molecule has 0 N–H and O–H groups in total. The fourth-order valence-corrected chi connectivity index (χ4v) is 3.86. The van der Waals surface area contributed by atoms with E-state index in [1.807, 2.05) is 24.0 Å². The van der Waals surface area contributed by atoms with E-state index < -0.39 is 0 Å². The summed E-state index contributed by atoms with van der Waals surface area (Å²) < 4.78 is 3.96. The first kappa shape index (κ1) is 14.6. The lowest BCUT2D eigenvalue weighted by molar-refractivity contribution is 0.0989. The molecule has 1 aliphatic heterocycles. The molecule has 0 unspecified atom stereocenters. The molecule has 4 rings (SSSR count). The molecule has 0 radical (unpaired) electrons. The number of para-hydroxylation sites is 2. The smallest absolute Gasteiger partial charge is 0.272 e. The van der Waals surface area contributed by atoms with Gasteiger partial charge in [-0.15, -0.1) is 5.10 Å². The van der Waals surface area contributed by atoms with Gasteiger partial charge in [0, 0.05) is 19.6 Å². The first-order valence-corrected chi connectivity index (χ1v) is 9.02. The van der Waals surface area contributed by atoms with E-state index in [0.29, 0.717) is 4.88 Å². The maximum absolute atomic E-state index is 13.0. The van der Waals surface area contributed by atoms with Gasteiger partial charge in [0.15, 0.2) is 0 Å². The second kappa shape index (κ2) is 5.92. The molecule has 23 heavy (non-hydrogen) atoms. The van der Waals surface area contributed by atoms with Crippen molar-refractivity contribution in [2.24, 2.45) is 5.92 Å². The van der Waals surface area contributed by atoms with Crippen LogP contribution in [-0.4, -0.2) is 35.1 Å². The Labute approximate surface area is 140 Å². The van der Waals surface area contributed by atoms with Crippen LogP contribution in [0, 0.1) is 5.92 Å². The van der Waals surface area contributed by atoms with Gasteiger partial charge >= 0.3 is 0 Å². The Morgan fingerprint density at radius 1 is 1.26 bits per heavy atom. The van der Waals surface area contributed by atoms with E-state index >= 15 is 0 Å². The molecule has 2 aromatic rings. The van der Waals surface area contributed by atoms with Crippen molar-refractivity contribution in [3.05, 3.63) is 34.8 Å². The van der Waals surface area contributed by atoms with Crippen molar-refractivity contribution in [1.82, 2.24) is 9.59 Å². The third-order valence-electron chi connectivity index (χ3n) is 4.61. The van der Waals surface area contributed by atoms with Crippen LogP contribution in [0.15, 0.2) is 24.3 Å². The predicted molar refractivity (Wildman–Crippen MR) is 92.3 cm³/mol. The largest absolute Gasteiger partial charge is 0.368 e. The van der Waals surface area contributed by atoms with Crippen molar-refractivity contribution in [3.8, 4) is 0 Å². The van der Waals surface area contributed by atoms with E-state index in [9.17, 15) is 4.79 Å². The highest BCUT2D eigenvalue weighted by Gasteiger charge is 2.32. The molecule has 5 nitrogen and oxygen atoms in total. The Kier molecular flexibility index (Phi) is 3.77. The zero-order valence-corrected chi connectivity index (χ0v) is 14.1. The summed E-state index contributed by atoms with van der Waals surface area (Å²) in [5.74, 6) is 0.873. The average Bonchev–Trinajstić information content (AvgIpc) is 3.27. The van der Waals surface area contributed by atoms with E-state index in [-0.39, 0.29) is 5.91 Å². The van der Waals surface area contributed by atoms with Gasteiger partial charge in [-0.3, -0.25) is 4.79 Å². The van der Waals surface area contributed by atoms with E-state index in [0.717, 1.165) is 43.4 Å². The van der Waals surface area contributed by atoms with Gasteiger partial charge in [-0.25, -0.2) is 0 Å². The number of carbonyl (C=O) groups is 1. The summed E-state index contributed by atoms with van der Waals surface area (Å²) in [5.41, 5.74) is 2.99. The number of carbonyl (C=O) groups excluding carboxylic acids is 1. The lowest BCUT2D eigenvalue weighted by Gasteiger charge is -2.37. The second-order valence-electron chi connectivity index (χ2n) is 6.24. The van der Waals surface area contributed by atoms with Crippen molar-refractivity contribution in [1.29, 1.82) is 0 Å². The van der Waals surface area contributed by atoms with Crippen molar-refractivity contribution < 1.29 is 4.79 Å². The van der Waals surface area contributed by atoms with E-state index in [4.69, 9.17) is 0 Å². The summed E-state index contributed by atoms with van der Waals surface area (Å²) in [6.07, 6.45) is 3.42. The zero-order chi connectivity index (χ0) is 15.8. The molecule has 1 aromatic carbocycles. The van der Waals surface area contributed by atoms with Gasteiger partial charge in [0.05, 0.1) is 17.1 Å². The van der Waals surface area contributed by atoms with Gasteiger partial charge in [0.1, 0.15) is 4.88 Å². The molecule has 0 atom stereocenters.